The summed E-state index contributed by atoms with van der Waals surface area (Å²) >= 11 is 0. The van der Waals surface area contributed by atoms with Gasteiger partial charge in [-0.3, -0.25) is 0 Å². The highest BCUT2D eigenvalue weighted by atomic mass is 16.5. The first-order valence-corrected chi connectivity index (χ1v) is 3.91. The fourth-order valence-electron chi connectivity index (χ4n) is 0.798. The lowest BCUT2D eigenvalue weighted by Crippen LogP contribution is -2.03. The van der Waals surface area contributed by atoms with Crippen molar-refractivity contribution in [2.24, 2.45) is 5.92 Å². The van der Waals surface area contributed by atoms with Gasteiger partial charge in [0.15, 0.2) is 5.82 Å². The number of hydrogen-bond donors (Lipinski definition) is 0. The highest BCUT2D eigenvalue weighted by Crippen LogP contribution is 2.19. The van der Waals surface area contributed by atoms with Crippen LogP contribution in [0.5, 0.6) is 0 Å². The third kappa shape index (κ3) is 1.79. The molecule has 0 aliphatic heterocycles. The van der Waals surface area contributed by atoms with Gasteiger partial charge in [-0.2, -0.15) is 4.98 Å². The molecule has 1 unspecified atom stereocenters. The minimum atomic E-state index is 0.382. The van der Waals surface area contributed by atoms with Gasteiger partial charge in [-0.25, -0.2) is 0 Å². The van der Waals surface area contributed by atoms with Crippen molar-refractivity contribution in [2.45, 2.75) is 33.6 Å². The average molecular weight is 154 g/mol. The second-order valence-electron chi connectivity index (χ2n) is 3.20. The van der Waals surface area contributed by atoms with Crippen LogP contribution >= 0.6 is 0 Å². The van der Waals surface area contributed by atoms with Crippen molar-refractivity contribution in [3.63, 3.8) is 0 Å². The summed E-state index contributed by atoms with van der Waals surface area (Å²) in [5.41, 5.74) is 0. The molecule has 0 spiro atoms. The quantitative estimate of drug-likeness (QED) is 0.655. The second-order valence-corrected chi connectivity index (χ2v) is 3.20. The van der Waals surface area contributed by atoms with E-state index in [1.807, 2.05) is 6.92 Å². The van der Waals surface area contributed by atoms with E-state index in [0.717, 1.165) is 5.82 Å². The summed E-state index contributed by atoms with van der Waals surface area (Å²) in [6.45, 7) is 8.21. The molecular formula is C8H14N2O. The van der Waals surface area contributed by atoms with Crippen molar-refractivity contribution in [3.8, 4) is 0 Å². The molecule has 3 nitrogen and oxygen atoms in total. The van der Waals surface area contributed by atoms with Crippen LogP contribution in [0.1, 0.15) is 38.4 Å². The van der Waals surface area contributed by atoms with E-state index in [2.05, 4.69) is 30.9 Å². The van der Waals surface area contributed by atoms with Gasteiger partial charge in [0.25, 0.3) is 0 Å². The maximum atomic E-state index is 4.87. The van der Waals surface area contributed by atoms with Crippen molar-refractivity contribution >= 4 is 0 Å². The lowest BCUT2D eigenvalue weighted by atomic mass is 9.98. The van der Waals surface area contributed by atoms with E-state index in [1.165, 1.54) is 0 Å². The van der Waals surface area contributed by atoms with E-state index in [9.17, 15) is 0 Å². The van der Waals surface area contributed by atoms with Crippen molar-refractivity contribution in [3.05, 3.63) is 11.7 Å². The van der Waals surface area contributed by atoms with E-state index in [0.29, 0.717) is 17.7 Å². The molecule has 62 valence electrons. The average Bonchev–Trinajstić information content (AvgIpc) is 2.34. The van der Waals surface area contributed by atoms with E-state index in [-0.39, 0.29) is 0 Å². The number of aryl methyl sites for hydroxylation is 1. The predicted molar refractivity (Wildman–Crippen MR) is 42.3 cm³/mol. The Morgan fingerprint density at radius 2 is 1.91 bits per heavy atom. The van der Waals surface area contributed by atoms with E-state index >= 15 is 0 Å². The first kappa shape index (κ1) is 8.24. The fourth-order valence-corrected chi connectivity index (χ4v) is 0.798. The van der Waals surface area contributed by atoms with E-state index < -0.39 is 0 Å². The van der Waals surface area contributed by atoms with Crippen LogP contribution in [0, 0.1) is 12.8 Å². The van der Waals surface area contributed by atoms with Gasteiger partial charge < -0.3 is 4.52 Å². The Morgan fingerprint density at radius 3 is 2.27 bits per heavy atom. The lowest BCUT2D eigenvalue weighted by Gasteiger charge is -2.09. The minimum Gasteiger partial charge on any atom is -0.340 e. The summed E-state index contributed by atoms with van der Waals surface area (Å²) in [5.74, 6) is 2.41. The molecule has 1 aromatic heterocycles. The van der Waals surface area contributed by atoms with Gasteiger partial charge in [-0.1, -0.05) is 25.9 Å². The van der Waals surface area contributed by atoms with Crippen LogP contribution in [0.2, 0.25) is 0 Å². The summed E-state index contributed by atoms with van der Waals surface area (Å²) in [6.07, 6.45) is 0. The van der Waals surface area contributed by atoms with Crippen LogP contribution in [0.25, 0.3) is 0 Å². The monoisotopic (exact) mass is 154 g/mol. The maximum Gasteiger partial charge on any atom is 0.223 e. The molecule has 1 heterocycles. The highest BCUT2D eigenvalue weighted by Gasteiger charge is 2.14. The van der Waals surface area contributed by atoms with Crippen molar-refractivity contribution in [1.82, 2.24) is 10.1 Å². The molecule has 0 N–H and O–H groups in total. The van der Waals surface area contributed by atoms with Gasteiger partial charge in [-0.05, 0) is 5.92 Å². The molecule has 1 rings (SSSR count). The number of nitrogens with zero attached hydrogens (tertiary/aromatic N) is 2. The number of rotatable bonds is 2. The summed E-state index contributed by atoms with van der Waals surface area (Å²) in [6, 6.07) is 0. The second kappa shape index (κ2) is 3.03. The fraction of sp³-hybridized carbons (Fsp3) is 0.750. The molecule has 1 aromatic rings. The van der Waals surface area contributed by atoms with Gasteiger partial charge in [-0.15, -0.1) is 0 Å². The zero-order valence-electron chi connectivity index (χ0n) is 7.46. The molecule has 11 heavy (non-hydrogen) atoms. The number of aromatic nitrogens is 2. The summed E-state index contributed by atoms with van der Waals surface area (Å²) < 4.78 is 4.87. The Kier molecular flexibility index (Phi) is 2.27. The normalized spacial score (nSPS) is 13.9. The van der Waals surface area contributed by atoms with Crippen LogP contribution in [0.4, 0.5) is 0 Å². The highest BCUT2D eigenvalue weighted by molar-refractivity contribution is 4.93. The molecule has 0 radical (unpaired) electrons. The van der Waals surface area contributed by atoms with Crippen LogP contribution in [-0.2, 0) is 0 Å². The third-order valence-corrected chi connectivity index (χ3v) is 1.95. The first-order chi connectivity index (χ1) is 5.11. The standard InChI is InChI=1S/C8H14N2O/c1-5(2)6(3)8-9-7(4)11-10-8/h5-6H,1-4H3. The molecule has 0 amide bonds. The van der Waals surface area contributed by atoms with Crippen LogP contribution in [-0.4, -0.2) is 10.1 Å². The Balaban J connectivity index is 2.76. The Morgan fingerprint density at radius 1 is 1.27 bits per heavy atom. The molecule has 0 aliphatic rings. The summed E-state index contributed by atoms with van der Waals surface area (Å²) in [5, 5.41) is 3.85. The Bertz CT molecular complexity index is 230. The largest absolute Gasteiger partial charge is 0.340 e. The molecule has 0 aromatic carbocycles. The minimum absolute atomic E-state index is 0.382. The first-order valence-electron chi connectivity index (χ1n) is 3.91. The molecule has 3 heteroatoms. The molecule has 0 saturated carbocycles. The summed E-state index contributed by atoms with van der Waals surface area (Å²) in [4.78, 5) is 4.15. The van der Waals surface area contributed by atoms with Gasteiger partial charge >= 0.3 is 0 Å². The van der Waals surface area contributed by atoms with Gasteiger partial charge in [0.1, 0.15) is 0 Å². The van der Waals surface area contributed by atoms with Crippen LogP contribution in [0.3, 0.4) is 0 Å². The zero-order valence-corrected chi connectivity index (χ0v) is 7.46. The molecule has 1 atom stereocenters. The topological polar surface area (TPSA) is 38.9 Å². The lowest BCUT2D eigenvalue weighted by molar-refractivity contribution is 0.377. The zero-order chi connectivity index (χ0) is 8.43. The van der Waals surface area contributed by atoms with Crippen molar-refractivity contribution in [2.75, 3.05) is 0 Å². The van der Waals surface area contributed by atoms with E-state index in [4.69, 9.17) is 4.52 Å². The molecule has 0 aliphatic carbocycles. The van der Waals surface area contributed by atoms with Gasteiger partial charge in [0.05, 0.1) is 0 Å². The predicted octanol–water partition coefficient (Wildman–Crippen LogP) is 2.14. The van der Waals surface area contributed by atoms with Crippen LogP contribution in [0.15, 0.2) is 4.52 Å². The summed E-state index contributed by atoms with van der Waals surface area (Å²) in [7, 11) is 0. The SMILES string of the molecule is Cc1nc(C(C)C(C)C)no1. The molecule has 0 saturated heterocycles. The maximum absolute atomic E-state index is 4.87. The third-order valence-electron chi connectivity index (χ3n) is 1.95. The molecule has 0 fully saturated rings. The Labute approximate surface area is 66.8 Å². The van der Waals surface area contributed by atoms with Crippen molar-refractivity contribution < 1.29 is 4.52 Å². The Hall–Kier alpha value is -0.860. The van der Waals surface area contributed by atoms with E-state index in [1.54, 1.807) is 0 Å². The van der Waals surface area contributed by atoms with Crippen molar-refractivity contribution in [1.29, 1.82) is 0 Å². The van der Waals surface area contributed by atoms with Crippen LogP contribution < -0.4 is 0 Å². The molecular weight excluding hydrogens is 140 g/mol. The smallest absolute Gasteiger partial charge is 0.223 e. The van der Waals surface area contributed by atoms with Gasteiger partial charge in [0, 0.05) is 12.8 Å². The number of hydrogen-bond acceptors (Lipinski definition) is 3. The molecule has 0 bridgehead atoms. The van der Waals surface area contributed by atoms with Gasteiger partial charge in [0.2, 0.25) is 5.89 Å².